The molecule has 5 aromatic rings. The second-order valence-electron chi connectivity index (χ2n) is 9.65. The molecular formula is C29H26N8OS. The molecule has 39 heavy (non-hydrogen) atoms. The third-order valence-electron chi connectivity index (χ3n) is 7.29. The first-order valence-corrected chi connectivity index (χ1v) is 13.9. The molecule has 0 spiro atoms. The monoisotopic (exact) mass is 534 g/mol. The smallest absolute Gasteiger partial charge is 0.228 e. The van der Waals surface area contributed by atoms with Crippen molar-refractivity contribution >= 4 is 40.8 Å². The molecule has 10 heteroatoms. The SMILES string of the molecule is CC(=O)N1CCN(c2ccc(Nc3nccc(-c4cnc5ccc(-c6c7cccc6SC7)cn45)n3)nc2)CC1. The van der Waals surface area contributed by atoms with E-state index in [0.717, 1.165) is 54.7 Å². The number of nitrogens with one attached hydrogen (secondary N) is 1. The van der Waals surface area contributed by atoms with E-state index >= 15 is 0 Å². The normalized spacial score (nSPS) is 14.7. The fraction of sp³-hybridized carbons (Fsp3) is 0.207. The lowest BCUT2D eigenvalue weighted by Crippen LogP contribution is -2.48. The van der Waals surface area contributed by atoms with Crippen molar-refractivity contribution < 1.29 is 4.79 Å². The first-order valence-electron chi connectivity index (χ1n) is 12.9. The van der Waals surface area contributed by atoms with Gasteiger partial charge in [0.25, 0.3) is 0 Å². The molecule has 6 heterocycles. The first kappa shape index (κ1) is 23.7. The number of hydrogen-bond acceptors (Lipinski definition) is 8. The molecule has 2 aliphatic rings. The zero-order valence-electron chi connectivity index (χ0n) is 21.4. The Labute approximate surface area is 229 Å². The molecular weight excluding hydrogens is 508 g/mol. The Hall–Kier alpha value is -4.44. The van der Waals surface area contributed by atoms with Crippen LogP contribution in [-0.4, -0.2) is 61.3 Å². The van der Waals surface area contributed by atoms with Crippen LogP contribution in [0.4, 0.5) is 17.5 Å². The second-order valence-corrected chi connectivity index (χ2v) is 10.7. The molecule has 4 aromatic heterocycles. The summed E-state index contributed by atoms with van der Waals surface area (Å²) in [6.45, 7) is 4.67. The van der Waals surface area contributed by atoms with E-state index in [2.05, 4.69) is 66.1 Å². The summed E-state index contributed by atoms with van der Waals surface area (Å²) >= 11 is 1.88. The summed E-state index contributed by atoms with van der Waals surface area (Å²) in [7, 11) is 0. The minimum absolute atomic E-state index is 0.127. The van der Waals surface area contributed by atoms with Crippen LogP contribution in [0.25, 0.3) is 28.2 Å². The lowest BCUT2D eigenvalue weighted by molar-refractivity contribution is -0.129. The summed E-state index contributed by atoms with van der Waals surface area (Å²) in [6, 6.07) is 16.6. The number of thioether (sulfide) groups is 1. The van der Waals surface area contributed by atoms with Crippen LogP contribution in [0.1, 0.15) is 12.5 Å². The van der Waals surface area contributed by atoms with Crippen molar-refractivity contribution in [2.45, 2.75) is 17.6 Å². The van der Waals surface area contributed by atoms with E-state index < -0.39 is 0 Å². The number of rotatable bonds is 5. The predicted octanol–water partition coefficient (Wildman–Crippen LogP) is 4.87. The highest BCUT2D eigenvalue weighted by atomic mass is 32.2. The summed E-state index contributed by atoms with van der Waals surface area (Å²) in [5.74, 6) is 2.27. The van der Waals surface area contributed by atoms with Gasteiger partial charge in [0.05, 0.1) is 29.5 Å². The van der Waals surface area contributed by atoms with Gasteiger partial charge < -0.3 is 15.1 Å². The van der Waals surface area contributed by atoms with Gasteiger partial charge in [0.2, 0.25) is 11.9 Å². The molecule has 0 aliphatic carbocycles. The van der Waals surface area contributed by atoms with Crippen LogP contribution in [-0.2, 0) is 10.5 Å². The molecule has 9 nitrogen and oxygen atoms in total. The Morgan fingerprint density at radius 2 is 1.85 bits per heavy atom. The molecule has 1 aromatic carbocycles. The van der Waals surface area contributed by atoms with E-state index in [-0.39, 0.29) is 5.91 Å². The van der Waals surface area contributed by atoms with Crippen LogP contribution in [0.15, 0.2) is 78.2 Å². The Morgan fingerprint density at radius 3 is 2.64 bits per heavy atom. The molecule has 1 saturated heterocycles. The highest BCUT2D eigenvalue weighted by Gasteiger charge is 2.20. The highest BCUT2D eigenvalue weighted by Crippen LogP contribution is 2.43. The number of anilines is 3. The maximum atomic E-state index is 11.6. The molecule has 7 rings (SSSR count). The molecule has 194 valence electrons. The van der Waals surface area contributed by atoms with E-state index in [1.165, 1.54) is 21.6 Å². The average molecular weight is 535 g/mol. The molecule has 0 atom stereocenters. The molecule has 0 saturated carbocycles. The molecule has 0 unspecified atom stereocenters. The van der Waals surface area contributed by atoms with Crippen molar-refractivity contribution in [1.82, 2.24) is 29.2 Å². The van der Waals surface area contributed by atoms with E-state index in [1.54, 1.807) is 13.1 Å². The van der Waals surface area contributed by atoms with Gasteiger partial charge in [0, 0.05) is 61.7 Å². The summed E-state index contributed by atoms with van der Waals surface area (Å²) in [5, 5.41) is 3.23. The second kappa shape index (κ2) is 9.70. The van der Waals surface area contributed by atoms with Gasteiger partial charge in [-0.05, 0) is 47.5 Å². The zero-order valence-corrected chi connectivity index (χ0v) is 22.2. The number of carbonyl (C=O) groups excluding carboxylic acids is 1. The fourth-order valence-corrected chi connectivity index (χ4v) is 6.34. The zero-order chi connectivity index (χ0) is 26.3. The Morgan fingerprint density at radius 1 is 0.949 bits per heavy atom. The molecule has 2 aliphatic heterocycles. The molecule has 0 radical (unpaired) electrons. The third kappa shape index (κ3) is 4.46. The van der Waals surface area contributed by atoms with Crippen LogP contribution in [0.5, 0.6) is 0 Å². The standard InChI is InChI=1S/C29H26N8OS/c1-19(38)35-11-13-36(14-12-35)22-6-7-26(31-15-22)34-29-30-10-9-23(33-29)24-16-32-27-8-5-20(17-37(24)27)28-21-3-2-4-25(28)39-18-21/h2-10,15-17H,11-14,18H2,1H3,(H,30,31,33,34). The van der Waals surface area contributed by atoms with E-state index in [1.807, 2.05) is 47.3 Å². The minimum atomic E-state index is 0.127. The summed E-state index contributed by atoms with van der Waals surface area (Å²) in [6.07, 6.45) is 7.59. The Bertz CT molecular complexity index is 1670. The molecule has 1 N–H and O–H groups in total. The lowest BCUT2D eigenvalue weighted by atomic mass is 10.0. The fourth-order valence-electron chi connectivity index (χ4n) is 5.22. The van der Waals surface area contributed by atoms with E-state index in [0.29, 0.717) is 11.8 Å². The van der Waals surface area contributed by atoms with Crippen molar-refractivity contribution in [3.05, 3.63) is 78.9 Å². The quantitative estimate of drug-likeness (QED) is 0.342. The van der Waals surface area contributed by atoms with E-state index in [9.17, 15) is 4.79 Å². The predicted molar refractivity (Wildman–Crippen MR) is 153 cm³/mol. The van der Waals surface area contributed by atoms with Gasteiger partial charge in [-0.25, -0.2) is 19.9 Å². The van der Waals surface area contributed by atoms with Crippen molar-refractivity contribution in [2.24, 2.45) is 0 Å². The number of imidazole rings is 1. The van der Waals surface area contributed by atoms with Gasteiger partial charge >= 0.3 is 0 Å². The number of hydrogen-bond donors (Lipinski definition) is 1. The van der Waals surface area contributed by atoms with Gasteiger partial charge in [0.15, 0.2) is 0 Å². The molecule has 2 bridgehead atoms. The van der Waals surface area contributed by atoms with Crippen LogP contribution >= 0.6 is 11.8 Å². The molecule has 1 fully saturated rings. The number of carbonyl (C=O) groups is 1. The van der Waals surface area contributed by atoms with Gasteiger partial charge in [-0.3, -0.25) is 9.20 Å². The lowest BCUT2D eigenvalue weighted by Gasteiger charge is -2.35. The summed E-state index contributed by atoms with van der Waals surface area (Å²) in [4.78, 5) is 35.4. The van der Waals surface area contributed by atoms with E-state index in [4.69, 9.17) is 4.98 Å². The number of piperazine rings is 1. The summed E-state index contributed by atoms with van der Waals surface area (Å²) in [5.41, 5.74) is 7.43. The van der Waals surface area contributed by atoms with Gasteiger partial charge in [-0.1, -0.05) is 12.1 Å². The first-order chi connectivity index (χ1) is 19.1. The number of benzene rings is 1. The highest BCUT2D eigenvalue weighted by molar-refractivity contribution is 7.99. The van der Waals surface area contributed by atoms with Gasteiger partial charge in [0.1, 0.15) is 11.5 Å². The van der Waals surface area contributed by atoms with Crippen LogP contribution in [0.2, 0.25) is 0 Å². The maximum Gasteiger partial charge on any atom is 0.228 e. The van der Waals surface area contributed by atoms with Crippen molar-refractivity contribution in [2.75, 3.05) is 36.4 Å². The molecule has 1 amide bonds. The van der Waals surface area contributed by atoms with Crippen molar-refractivity contribution in [3.63, 3.8) is 0 Å². The Balaban J connectivity index is 1.11. The largest absolute Gasteiger partial charge is 0.367 e. The number of nitrogens with zero attached hydrogens (tertiary/aromatic N) is 7. The number of aromatic nitrogens is 5. The number of pyridine rings is 2. The van der Waals surface area contributed by atoms with Crippen molar-refractivity contribution in [3.8, 4) is 22.5 Å². The Kier molecular flexibility index (Phi) is 5.89. The third-order valence-corrected chi connectivity index (χ3v) is 8.39. The summed E-state index contributed by atoms with van der Waals surface area (Å²) < 4.78 is 2.09. The topological polar surface area (TPSA) is 91.6 Å². The van der Waals surface area contributed by atoms with Crippen molar-refractivity contribution in [1.29, 1.82) is 0 Å². The number of fused-ring (bicyclic) bond motifs is 3. The van der Waals surface area contributed by atoms with Crippen LogP contribution < -0.4 is 10.2 Å². The number of amides is 1. The van der Waals surface area contributed by atoms with Crippen LogP contribution in [0.3, 0.4) is 0 Å². The van der Waals surface area contributed by atoms with Gasteiger partial charge in [-0.15, -0.1) is 11.8 Å². The minimum Gasteiger partial charge on any atom is -0.367 e. The van der Waals surface area contributed by atoms with Crippen LogP contribution in [0, 0.1) is 0 Å². The average Bonchev–Trinajstić information content (AvgIpc) is 3.50. The maximum absolute atomic E-state index is 11.6. The van der Waals surface area contributed by atoms with Gasteiger partial charge in [-0.2, -0.15) is 0 Å².